The van der Waals surface area contributed by atoms with Crippen LogP contribution in [0.4, 0.5) is 0 Å². The number of ether oxygens (including phenoxy) is 7. The van der Waals surface area contributed by atoms with Crippen LogP contribution in [0.25, 0.3) is 43.9 Å². The topological polar surface area (TPSA) is 111 Å². The summed E-state index contributed by atoms with van der Waals surface area (Å²) in [6, 6.07) is 16.1. The summed E-state index contributed by atoms with van der Waals surface area (Å²) in [5.74, 6) is 0.715. The van der Waals surface area contributed by atoms with Gasteiger partial charge < -0.3 is 47.1 Å². The van der Waals surface area contributed by atoms with Gasteiger partial charge in [-0.25, -0.2) is 0 Å². The van der Waals surface area contributed by atoms with Gasteiger partial charge in [0.1, 0.15) is 23.5 Å². The molecule has 2 heterocycles. The second-order valence-corrected chi connectivity index (χ2v) is 9.58. The summed E-state index contributed by atoms with van der Waals surface area (Å²) >= 11 is 0. The fourth-order valence-corrected chi connectivity index (χ4v) is 4.65. The monoisotopic (exact) mass is 582 g/mol. The molecule has 42 heavy (non-hydrogen) atoms. The molecule has 2 aromatic heterocycles. The lowest BCUT2D eigenvalue weighted by Crippen LogP contribution is -2.12. The minimum absolute atomic E-state index is 0.0169. The van der Waals surface area contributed by atoms with Crippen molar-refractivity contribution in [1.29, 1.82) is 0 Å². The van der Waals surface area contributed by atoms with Crippen molar-refractivity contribution in [3.05, 3.63) is 54.1 Å². The molecule has 0 aliphatic carbocycles. The van der Waals surface area contributed by atoms with Crippen LogP contribution in [0.3, 0.4) is 0 Å². The number of methoxy groups -OCH3 is 1. The van der Waals surface area contributed by atoms with Gasteiger partial charge in [0.2, 0.25) is 0 Å². The van der Waals surface area contributed by atoms with Crippen molar-refractivity contribution in [2.45, 2.75) is 6.61 Å². The maximum absolute atomic E-state index is 8.69. The first-order chi connectivity index (χ1) is 20.8. The zero-order chi connectivity index (χ0) is 29.0. The standard InChI is InChI=1S/C32H38O10/c1-34-10-11-36-14-15-38-18-19-40-24-3-5-26-28-7-6-27-25-4-2-23(22-39-17-16-37-13-12-35-9-8-33)20-29(25)41-31(27)32(28)42-30(26)21-24/h2-7,20-21,33H,8-19,22H2,1H3. The summed E-state index contributed by atoms with van der Waals surface area (Å²) in [6.45, 7) is 5.74. The molecule has 0 amide bonds. The maximum Gasteiger partial charge on any atom is 0.178 e. The number of rotatable bonds is 20. The van der Waals surface area contributed by atoms with Gasteiger partial charge in [-0.2, -0.15) is 0 Å². The Labute approximate surface area is 243 Å². The molecule has 0 atom stereocenters. The van der Waals surface area contributed by atoms with Gasteiger partial charge in [0.05, 0.1) is 79.3 Å². The van der Waals surface area contributed by atoms with Gasteiger partial charge in [-0.15, -0.1) is 0 Å². The van der Waals surface area contributed by atoms with E-state index < -0.39 is 0 Å². The van der Waals surface area contributed by atoms with Gasteiger partial charge in [-0.05, 0) is 35.9 Å². The van der Waals surface area contributed by atoms with Crippen molar-refractivity contribution in [2.24, 2.45) is 0 Å². The highest BCUT2D eigenvalue weighted by Gasteiger charge is 2.16. The summed E-state index contributed by atoms with van der Waals surface area (Å²) in [6.07, 6.45) is 0. The molecular weight excluding hydrogens is 544 g/mol. The minimum Gasteiger partial charge on any atom is -0.491 e. The number of benzene rings is 3. The summed E-state index contributed by atoms with van der Waals surface area (Å²) in [7, 11) is 1.65. The summed E-state index contributed by atoms with van der Waals surface area (Å²) in [5.41, 5.74) is 3.96. The number of furan rings is 2. The molecule has 5 rings (SSSR count). The van der Waals surface area contributed by atoms with Crippen molar-refractivity contribution >= 4 is 43.9 Å². The van der Waals surface area contributed by atoms with E-state index in [1.165, 1.54) is 0 Å². The van der Waals surface area contributed by atoms with Crippen LogP contribution in [0, 0.1) is 0 Å². The van der Waals surface area contributed by atoms with E-state index in [1.54, 1.807) is 7.11 Å². The summed E-state index contributed by atoms with van der Waals surface area (Å²) < 4.78 is 50.8. The molecule has 0 bridgehead atoms. The number of hydrogen-bond acceptors (Lipinski definition) is 10. The predicted molar refractivity (Wildman–Crippen MR) is 158 cm³/mol. The van der Waals surface area contributed by atoms with Crippen molar-refractivity contribution < 1.29 is 47.1 Å². The Morgan fingerprint density at radius 1 is 0.548 bits per heavy atom. The Morgan fingerprint density at radius 2 is 1.07 bits per heavy atom. The van der Waals surface area contributed by atoms with Crippen LogP contribution in [0.2, 0.25) is 0 Å². The molecule has 10 heteroatoms. The Morgan fingerprint density at radius 3 is 1.71 bits per heavy atom. The van der Waals surface area contributed by atoms with Gasteiger partial charge in [0.25, 0.3) is 0 Å². The number of hydrogen-bond donors (Lipinski definition) is 1. The lowest BCUT2D eigenvalue weighted by Gasteiger charge is -2.07. The number of fused-ring (bicyclic) bond motifs is 7. The fourth-order valence-electron chi connectivity index (χ4n) is 4.65. The molecule has 3 aromatic carbocycles. The SMILES string of the molecule is COCCOCCOCCOc1ccc2c(c1)oc1c2ccc2c3ccc(COCCOCCOCCO)cc3oc21. The van der Waals surface area contributed by atoms with E-state index in [2.05, 4.69) is 18.2 Å². The molecule has 0 aliphatic rings. The number of aliphatic hydroxyl groups is 1. The van der Waals surface area contributed by atoms with Crippen LogP contribution in [0.15, 0.2) is 57.4 Å². The van der Waals surface area contributed by atoms with E-state index in [0.717, 1.165) is 43.9 Å². The predicted octanol–water partition coefficient (Wildman–Crippen LogP) is 5.09. The molecule has 0 radical (unpaired) electrons. The highest BCUT2D eigenvalue weighted by molar-refractivity contribution is 6.18. The molecule has 0 fully saturated rings. The second-order valence-electron chi connectivity index (χ2n) is 9.58. The first-order valence-corrected chi connectivity index (χ1v) is 14.2. The zero-order valence-electron chi connectivity index (χ0n) is 23.9. The normalized spacial score (nSPS) is 12.0. The molecule has 0 unspecified atom stereocenters. The average molecular weight is 583 g/mol. The van der Waals surface area contributed by atoms with Crippen LogP contribution >= 0.6 is 0 Å². The number of aliphatic hydroxyl groups excluding tert-OH is 1. The van der Waals surface area contributed by atoms with E-state index in [9.17, 15) is 0 Å². The van der Waals surface area contributed by atoms with E-state index in [1.807, 2.05) is 30.3 Å². The Hall–Kier alpha value is -3.22. The van der Waals surface area contributed by atoms with Gasteiger partial charge in [-0.3, -0.25) is 0 Å². The largest absolute Gasteiger partial charge is 0.491 e. The van der Waals surface area contributed by atoms with Gasteiger partial charge in [-0.1, -0.05) is 12.1 Å². The van der Waals surface area contributed by atoms with Gasteiger partial charge in [0.15, 0.2) is 11.2 Å². The van der Waals surface area contributed by atoms with Crippen LogP contribution in [0.5, 0.6) is 5.75 Å². The van der Waals surface area contributed by atoms with Crippen LogP contribution in [-0.2, 0) is 35.0 Å². The van der Waals surface area contributed by atoms with E-state index >= 15 is 0 Å². The highest BCUT2D eigenvalue weighted by Crippen LogP contribution is 2.39. The molecule has 5 aromatic rings. The van der Waals surface area contributed by atoms with Crippen molar-refractivity contribution in [2.75, 3.05) is 86.4 Å². The maximum atomic E-state index is 8.69. The van der Waals surface area contributed by atoms with Crippen LogP contribution in [-0.4, -0.2) is 91.5 Å². The molecule has 10 nitrogen and oxygen atoms in total. The summed E-state index contributed by atoms with van der Waals surface area (Å²) in [4.78, 5) is 0. The Balaban J connectivity index is 1.18. The van der Waals surface area contributed by atoms with Gasteiger partial charge in [0, 0.05) is 34.7 Å². The van der Waals surface area contributed by atoms with Crippen molar-refractivity contribution in [3.63, 3.8) is 0 Å². The Kier molecular flexibility index (Phi) is 11.4. The Bertz CT molecular complexity index is 1420. The van der Waals surface area contributed by atoms with Gasteiger partial charge >= 0.3 is 0 Å². The first-order valence-electron chi connectivity index (χ1n) is 14.2. The third-order valence-corrected chi connectivity index (χ3v) is 6.66. The molecule has 0 saturated carbocycles. The van der Waals surface area contributed by atoms with Crippen molar-refractivity contribution in [3.8, 4) is 5.75 Å². The lowest BCUT2D eigenvalue weighted by atomic mass is 10.1. The molecule has 0 aliphatic heterocycles. The first kappa shape index (κ1) is 30.2. The summed E-state index contributed by atoms with van der Waals surface area (Å²) in [5, 5.41) is 12.7. The highest BCUT2D eigenvalue weighted by atomic mass is 16.6. The molecule has 226 valence electrons. The van der Waals surface area contributed by atoms with Crippen LogP contribution in [0.1, 0.15) is 5.56 Å². The fraction of sp³-hybridized carbons (Fsp3) is 0.438. The average Bonchev–Trinajstić information content (AvgIpc) is 3.57. The molecule has 1 N–H and O–H groups in total. The molecule has 0 saturated heterocycles. The van der Waals surface area contributed by atoms with Crippen molar-refractivity contribution in [1.82, 2.24) is 0 Å². The lowest BCUT2D eigenvalue weighted by molar-refractivity contribution is 0.00451. The second kappa shape index (κ2) is 15.9. The molecular formula is C32H38O10. The van der Waals surface area contributed by atoms with Crippen LogP contribution < -0.4 is 4.74 Å². The smallest absolute Gasteiger partial charge is 0.178 e. The third-order valence-electron chi connectivity index (χ3n) is 6.66. The van der Waals surface area contributed by atoms with E-state index in [-0.39, 0.29) is 6.61 Å². The third kappa shape index (κ3) is 7.78. The minimum atomic E-state index is 0.0169. The van der Waals surface area contributed by atoms with E-state index in [0.29, 0.717) is 90.6 Å². The van der Waals surface area contributed by atoms with E-state index in [4.69, 9.17) is 47.1 Å². The zero-order valence-corrected chi connectivity index (χ0v) is 23.9. The quantitative estimate of drug-likeness (QED) is 0.125. The molecule has 0 spiro atoms.